The number of nitrogens with one attached hydrogen (secondary N) is 1. The highest BCUT2D eigenvalue weighted by atomic mass is 16.8. The molecule has 13 nitrogen and oxygen atoms in total. The van der Waals surface area contributed by atoms with Crippen molar-refractivity contribution in [1.82, 2.24) is 24.6 Å². The number of aromatic amines is 1. The molecule has 2 aliphatic heterocycles. The number of benzene rings is 4. The van der Waals surface area contributed by atoms with Gasteiger partial charge >= 0.3 is 0 Å². The molecule has 0 spiro atoms. The van der Waals surface area contributed by atoms with Crippen LogP contribution >= 0.6 is 0 Å². The Hall–Kier alpha value is -5.99. The number of carbonyl (C=O) groups is 2. The third-order valence-corrected chi connectivity index (χ3v) is 11.1. The van der Waals surface area contributed by atoms with E-state index in [1.54, 1.807) is 29.3 Å². The van der Waals surface area contributed by atoms with Crippen LogP contribution in [0, 0.1) is 12.1 Å². The van der Waals surface area contributed by atoms with Crippen molar-refractivity contribution < 1.29 is 19.5 Å². The lowest BCUT2D eigenvalue weighted by Gasteiger charge is -2.40. The minimum atomic E-state index is -0.281. The van der Waals surface area contributed by atoms with E-state index in [9.17, 15) is 20.0 Å². The van der Waals surface area contributed by atoms with Crippen LogP contribution in [0.4, 0.5) is 17.1 Å². The van der Waals surface area contributed by atoms with Gasteiger partial charge in [-0.1, -0.05) is 42.5 Å². The second-order valence-electron chi connectivity index (χ2n) is 14.3. The van der Waals surface area contributed by atoms with Crippen molar-refractivity contribution >= 4 is 39.8 Å². The standard InChI is InChI=1S/C42H43N8O5/c1-27-36(42(52)48(25-31-9-5-6-10-38(31)43)32-12-11-29-23-44-45-39(29)21-32)22-40(46(27)2)37-20-33(50(53)54)13-14-35(37)41(51)49-24-30-8-4-3-7-28(30)19-34(49)26-47-15-17-55-18-16-47/h3-14,20-23,34,53H,15-19,24-26,43H2,1-2H3,(H,44,45)/q-1/t34-/m0/s1. The number of hydrogen-bond donors (Lipinski definition) is 3. The average molecular weight is 740 g/mol. The number of aromatic nitrogens is 3. The second-order valence-corrected chi connectivity index (χ2v) is 14.3. The first-order chi connectivity index (χ1) is 26.7. The maximum absolute atomic E-state index is 14.9. The number of nitrogens with two attached hydrogens (primary N) is 1. The Balaban J connectivity index is 1.20. The van der Waals surface area contributed by atoms with Gasteiger partial charge in [-0.25, -0.2) is 0 Å². The summed E-state index contributed by atoms with van der Waals surface area (Å²) in [6.07, 6.45) is 2.43. The zero-order valence-electron chi connectivity index (χ0n) is 30.8. The van der Waals surface area contributed by atoms with Crippen LogP contribution in [0.3, 0.4) is 0 Å². The topological polar surface area (TPSA) is 159 Å². The minimum Gasteiger partial charge on any atom is -0.733 e. The largest absolute Gasteiger partial charge is 0.733 e. The monoisotopic (exact) mass is 739 g/mol. The molecule has 2 amide bonds. The van der Waals surface area contributed by atoms with Gasteiger partial charge in [0.1, 0.15) is 0 Å². The zero-order chi connectivity index (χ0) is 38.2. The fourth-order valence-electron chi connectivity index (χ4n) is 7.82. The predicted molar refractivity (Wildman–Crippen MR) is 212 cm³/mol. The first kappa shape index (κ1) is 36.0. The third kappa shape index (κ3) is 7.06. The molecule has 1 saturated heterocycles. The summed E-state index contributed by atoms with van der Waals surface area (Å²) in [7, 11) is 1.82. The van der Waals surface area contributed by atoms with E-state index < -0.39 is 0 Å². The fraction of sp³-hybridized carbons (Fsp3) is 0.262. The molecule has 2 aromatic heterocycles. The number of anilines is 3. The number of morpholine rings is 1. The first-order valence-corrected chi connectivity index (χ1v) is 18.4. The molecule has 0 unspecified atom stereocenters. The van der Waals surface area contributed by atoms with Crippen LogP contribution < -0.4 is 15.9 Å². The van der Waals surface area contributed by atoms with Crippen LogP contribution in [0.25, 0.3) is 22.2 Å². The van der Waals surface area contributed by atoms with E-state index in [1.165, 1.54) is 17.7 Å². The van der Waals surface area contributed by atoms with Gasteiger partial charge in [0.2, 0.25) is 0 Å². The lowest BCUT2D eigenvalue weighted by molar-refractivity contribution is 0.0193. The maximum atomic E-state index is 14.9. The van der Waals surface area contributed by atoms with E-state index in [1.807, 2.05) is 72.0 Å². The lowest BCUT2D eigenvalue weighted by Crippen LogP contribution is -2.52. The molecule has 2 aliphatic rings. The van der Waals surface area contributed by atoms with Gasteiger partial charge in [-0.15, -0.1) is 0 Å². The van der Waals surface area contributed by atoms with E-state index >= 15 is 0 Å². The Bertz CT molecular complexity index is 2380. The number of fused-ring (bicyclic) bond motifs is 2. The molecule has 1 atom stereocenters. The highest BCUT2D eigenvalue weighted by Crippen LogP contribution is 2.36. The molecule has 0 aliphatic carbocycles. The first-order valence-electron chi connectivity index (χ1n) is 18.4. The van der Waals surface area contributed by atoms with Crippen molar-refractivity contribution in [3.63, 3.8) is 0 Å². The van der Waals surface area contributed by atoms with E-state index in [0.717, 1.165) is 35.1 Å². The van der Waals surface area contributed by atoms with Crippen LogP contribution in [-0.2, 0) is 31.3 Å². The smallest absolute Gasteiger partial charge is 0.260 e. The van der Waals surface area contributed by atoms with Crippen molar-refractivity contribution in [2.75, 3.05) is 48.7 Å². The van der Waals surface area contributed by atoms with Gasteiger partial charge in [0.25, 0.3) is 11.8 Å². The quantitative estimate of drug-likeness (QED) is 0.121. The van der Waals surface area contributed by atoms with Crippen LogP contribution in [-0.4, -0.2) is 80.5 Å². The summed E-state index contributed by atoms with van der Waals surface area (Å²) in [5.74, 6) is -0.484. The van der Waals surface area contributed by atoms with Crippen molar-refractivity contribution in [2.24, 2.45) is 7.05 Å². The molecule has 0 radical (unpaired) electrons. The van der Waals surface area contributed by atoms with Crippen LogP contribution in [0.2, 0.25) is 0 Å². The highest BCUT2D eigenvalue weighted by Gasteiger charge is 2.34. The molecule has 4 N–H and O–H groups in total. The SMILES string of the molecule is Cc1c(C(=O)N(Cc2ccccc2N)c2ccc3cn[nH]c3c2)cc(-c2cc(N([O-])O)ccc2C(=O)N2Cc3ccccc3C[C@H]2CN2CCOCC2)n1C. The summed E-state index contributed by atoms with van der Waals surface area (Å²) >= 11 is 0. The summed E-state index contributed by atoms with van der Waals surface area (Å²) in [5, 5.41) is 30.2. The molecular formula is C42H43N8O5-. The Morgan fingerprint density at radius 1 is 0.964 bits per heavy atom. The predicted octanol–water partition coefficient (Wildman–Crippen LogP) is 5.90. The fourth-order valence-corrected chi connectivity index (χ4v) is 7.82. The summed E-state index contributed by atoms with van der Waals surface area (Å²) in [5.41, 5.74) is 13.8. The van der Waals surface area contributed by atoms with Crippen molar-refractivity contribution in [1.29, 1.82) is 0 Å². The number of nitrogen functional groups attached to an aromatic ring is 1. The molecule has 1 fully saturated rings. The molecule has 0 saturated carbocycles. The van der Waals surface area contributed by atoms with Gasteiger partial charge in [0, 0.05) is 78.5 Å². The number of hydrogen-bond acceptors (Lipinski definition) is 9. The Labute approximate surface area is 318 Å². The van der Waals surface area contributed by atoms with E-state index in [-0.39, 0.29) is 35.3 Å². The summed E-state index contributed by atoms with van der Waals surface area (Å²) in [6.45, 7) is 6.04. The van der Waals surface area contributed by atoms with Gasteiger partial charge in [-0.2, -0.15) is 5.10 Å². The normalized spacial score (nSPS) is 15.9. The van der Waals surface area contributed by atoms with Gasteiger partial charge in [-0.05, 0) is 78.6 Å². The maximum Gasteiger partial charge on any atom is 0.260 e. The molecule has 13 heteroatoms. The van der Waals surface area contributed by atoms with Crippen molar-refractivity contribution in [3.05, 3.63) is 136 Å². The number of nitrogens with zero attached hydrogens (tertiary/aromatic N) is 6. The average Bonchev–Trinajstić information content (AvgIpc) is 3.80. The summed E-state index contributed by atoms with van der Waals surface area (Å²) in [6, 6.07) is 27.5. The van der Waals surface area contributed by atoms with Gasteiger partial charge < -0.3 is 35.3 Å². The van der Waals surface area contributed by atoms with Gasteiger partial charge in [0.05, 0.1) is 42.7 Å². The third-order valence-electron chi connectivity index (χ3n) is 11.1. The van der Waals surface area contributed by atoms with Crippen LogP contribution in [0.5, 0.6) is 0 Å². The number of H-pyrrole nitrogens is 1. The molecule has 55 heavy (non-hydrogen) atoms. The molecule has 8 rings (SSSR count). The van der Waals surface area contributed by atoms with Gasteiger partial charge in [-0.3, -0.25) is 24.8 Å². The van der Waals surface area contributed by atoms with E-state index in [2.05, 4.69) is 27.2 Å². The number of carbonyl (C=O) groups excluding carboxylic acids is 2. The highest BCUT2D eigenvalue weighted by molar-refractivity contribution is 6.09. The molecule has 0 bridgehead atoms. The Morgan fingerprint density at radius 2 is 1.71 bits per heavy atom. The minimum absolute atomic E-state index is 0.0406. The molecular weight excluding hydrogens is 697 g/mol. The van der Waals surface area contributed by atoms with E-state index in [4.69, 9.17) is 10.5 Å². The van der Waals surface area contributed by atoms with Crippen LogP contribution in [0.15, 0.2) is 97.2 Å². The zero-order valence-corrected chi connectivity index (χ0v) is 30.8. The number of para-hydroxylation sites is 1. The van der Waals surface area contributed by atoms with Gasteiger partial charge in [0.15, 0.2) is 0 Å². The molecule has 4 heterocycles. The Morgan fingerprint density at radius 3 is 2.49 bits per heavy atom. The summed E-state index contributed by atoms with van der Waals surface area (Å²) < 4.78 is 7.45. The van der Waals surface area contributed by atoms with E-state index in [0.29, 0.717) is 72.2 Å². The molecule has 6 aromatic rings. The number of rotatable bonds is 9. The van der Waals surface area contributed by atoms with Crippen molar-refractivity contribution in [2.45, 2.75) is 32.5 Å². The number of amides is 2. The molecule has 4 aromatic carbocycles. The lowest BCUT2D eigenvalue weighted by atomic mass is 9.92. The second kappa shape index (κ2) is 15.0. The van der Waals surface area contributed by atoms with Crippen molar-refractivity contribution in [3.8, 4) is 11.3 Å². The number of ether oxygens (including phenoxy) is 1. The molecule has 282 valence electrons. The summed E-state index contributed by atoms with van der Waals surface area (Å²) in [4.78, 5) is 35.6. The Kier molecular flexibility index (Phi) is 9.84. The van der Waals surface area contributed by atoms with Crippen LogP contribution in [0.1, 0.15) is 43.1 Å².